The third-order valence-electron chi connectivity index (χ3n) is 2.36. The monoisotopic (exact) mass is 275 g/mol. The second kappa shape index (κ2) is 5.96. The van der Waals surface area contributed by atoms with Crippen LogP contribution in [0, 0.1) is 0 Å². The molecule has 1 aromatic heterocycles. The summed E-state index contributed by atoms with van der Waals surface area (Å²) in [4.78, 5) is 10.7. The van der Waals surface area contributed by atoms with Crippen molar-refractivity contribution in [2.24, 2.45) is 0 Å². The van der Waals surface area contributed by atoms with Crippen LogP contribution in [0.25, 0.3) is 0 Å². The first-order valence-corrected chi connectivity index (χ1v) is 7.10. The molecule has 18 heavy (non-hydrogen) atoms. The summed E-state index contributed by atoms with van der Waals surface area (Å²) in [5.41, 5.74) is 0. The molecule has 0 amide bonds. The van der Waals surface area contributed by atoms with Gasteiger partial charge in [0.2, 0.25) is 10.0 Å². The number of nitrogens with zero attached hydrogens (tertiary/aromatic N) is 3. The molecule has 102 valence electrons. The van der Waals surface area contributed by atoms with Gasteiger partial charge in [0.05, 0.1) is 6.20 Å². The van der Waals surface area contributed by atoms with Gasteiger partial charge in [-0.1, -0.05) is 6.92 Å². The molecule has 0 saturated carbocycles. The van der Waals surface area contributed by atoms with E-state index in [1.807, 2.05) is 6.92 Å². The van der Waals surface area contributed by atoms with Gasteiger partial charge < -0.3 is 5.11 Å². The lowest BCUT2D eigenvalue weighted by Crippen LogP contribution is -2.36. The van der Waals surface area contributed by atoms with Crippen LogP contribution in [-0.4, -0.2) is 46.7 Å². The predicted molar refractivity (Wildman–Crippen MR) is 64.6 cm³/mol. The normalized spacial score (nSPS) is 11.9. The van der Waals surface area contributed by atoms with Crippen LogP contribution in [0.2, 0.25) is 0 Å². The summed E-state index contributed by atoms with van der Waals surface area (Å²) >= 11 is 0. The van der Waals surface area contributed by atoms with Gasteiger partial charge in [-0.05, 0) is 13.3 Å². The minimum absolute atomic E-state index is 0.0269. The Balaban J connectivity index is 3.03. The zero-order valence-corrected chi connectivity index (χ0v) is 11.2. The SMILES string of the molecule is CCCN(CC(=O)O)S(=O)(=O)c1cnn(CC)c1. The van der Waals surface area contributed by atoms with Crippen LogP contribution < -0.4 is 0 Å². The van der Waals surface area contributed by atoms with Gasteiger partial charge in [-0.15, -0.1) is 0 Å². The summed E-state index contributed by atoms with van der Waals surface area (Å²) in [6.07, 6.45) is 3.19. The van der Waals surface area contributed by atoms with Crippen LogP contribution >= 0.6 is 0 Å². The molecule has 0 aliphatic heterocycles. The Labute approximate surface area is 106 Å². The summed E-state index contributed by atoms with van der Waals surface area (Å²) < 4.78 is 26.8. The molecule has 1 heterocycles. The van der Waals surface area contributed by atoms with Crippen molar-refractivity contribution in [1.82, 2.24) is 14.1 Å². The number of rotatable bonds is 7. The molecule has 1 aromatic rings. The Morgan fingerprint density at radius 3 is 2.61 bits per heavy atom. The van der Waals surface area contributed by atoms with Crippen molar-refractivity contribution in [1.29, 1.82) is 0 Å². The Hall–Kier alpha value is -1.41. The van der Waals surface area contributed by atoms with E-state index in [2.05, 4.69) is 5.10 Å². The first-order valence-electron chi connectivity index (χ1n) is 5.66. The van der Waals surface area contributed by atoms with E-state index in [0.29, 0.717) is 13.0 Å². The van der Waals surface area contributed by atoms with Gasteiger partial charge >= 0.3 is 5.97 Å². The van der Waals surface area contributed by atoms with Gasteiger partial charge in [0.25, 0.3) is 0 Å². The van der Waals surface area contributed by atoms with Crippen LogP contribution in [-0.2, 0) is 21.4 Å². The van der Waals surface area contributed by atoms with Gasteiger partial charge in [-0.2, -0.15) is 9.40 Å². The smallest absolute Gasteiger partial charge is 0.318 e. The molecule has 0 atom stereocenters. The number of aryl methyl sites for hydroxylation is 1. The van der Waals surface area contributed by atoms with Crippen LogP contribution in [0.5, 0.6) is 0 Å². The number of carbonyl (C=O) groups is 1. The minimum atomic E-state index is -3.78. The Morgan fingerprint density at radius 1 is 1.50 bits per heavy atom. The fourth-order valence-electron chi connectivity index (χ4n) is 1.48. The number of carboxylic acid groups (broad SMARTS) is 1. The van der Waals surface area contributed by atoms with E-state index in [-0.39, 0.29) is 11.4 Å². The lowest BCUT2D eigenvalue weighted by atomic mass is 10.5. The molecule has 0 aromatic carbocycles. The first-order chi connectivity index (χ1) is 8.41. The Kier molecular flexibility index (Phi) is 4.85. The standard InChI is InChI=1S/C10H17N3O4S/c1-3-5-13(8-10(14)15)18(16,17)9-6-11-12(4-2)7-9/h6-7H,3-5,8H2,1-2H3,(H,14,15). The zero-order valence-electron chi connectivity index (χ0n) is 10.4. The van der Waals surface area contributed by atoms with E-state index in [1.165, 1.54) is 17.1 Å². The second-order valence-electron chi connectivity index (χ2n) is 3.76. The molecule has 1 rings (SSSR count). The van der Waals surface area contributed by atoms with Crippen molar-refractivity contribution in [3.8, 4) is 0 Å². The summed E-state index contributed by atoms with van der Waals surface area (Å²) in [6, 6.07) is 0. The molecule has 0 radical (unpaired) electrons. The molecule has 0 spiro atoms. The minimum Gasteiger partial charge on any atom is -0.480 e. The van der Waals surface area contributed by atoms with Gasteiger partial charge in [0.15, 0.2) is 0 Å². The lowest BCUT2D eigenvalue weighted by molar-refractivity contribution is -0.137. The number of aromatic nitrogens is 2. The van der Waals surface area contributed by atoms with Crippen molar-refractivity contribution >= 4 is 16.0 Å². The van der Waals surface area contributed by atoms with Gasteiger partial charge in [-0.3, -0.25) is 9.48 Å². The number of carboxylic acids is 1. The molecule has 7 nitrogen and oxygen atoms in total. The topological polar surface area (TPSA) is 92.5 Å². The fourth-order valence-corrected chi connectivity index (χ4v) is 2.92. The highest BCUT2D eigenvalue weighted by Crippen LogP contribution is 2.15. The molecule has 0 aliphatic carbocycles. The summed E-state index contributed by atoms with van der Waals surface area (Å²) in [5, 5.41) is 12.6. The lowest BCUT2D eigenvalue weighted by Gasteiger charge is -2.18. The van der Waals surface area contributed by atoms with E-state index in [9.17, 15) is 13.2 Å². The zero-order chi connectivity index (χ0) is 13.8. The average molecular weight is 275 g/mol. The van der Waals surface area contributed by atoms with Crippen LogP contribution in [0.15, 0.2) is 17.3 Å². The maximum atomic E-state index is 12.2. The average Bonchev–Trinajstić information content (AvgIpc) is 2.77. The van der Waals surface area contributed by atoms with E-state index >= 15 is 0 Å². The molecule has 1 N–H and O–H groups in total. The first kappa shape index (κ1) is 14.7. The van der Waals surface area contributed by atoms with Crippen molar-refractivity contribution < 1.29 is 18.3 Å². The summed E-state index contributed by atoms with van der Waals surface area (Å²) in [7, 11) is -3.78. The maximum Gasteiger partial charge on any atom is 0.318 e. The van der Waals surface area contributed by atoms with E-state index in [4.69, 9.17) is 5.11 Å². The highest BCUT2D eigenvalue weighted by Gasteiger charge is 2.27. The van der Waals surface area contributed by atoms with Gasteiger partial charge in [0.1, 0.15) is 11.4 Å². The number of hydrogen-bond donors (Lipinski definition) is 1. The van der Waals surface area contributed by atoms with Gasteiger partial charge in [0, 0.05) is 19.3 Å². The second-order valence-corrected chi connectivity index (χ2v) is 5.70. The molecule has 8 heteroatoms. The van der Waals surface area contributed by atoms with Crippen LogP contribution in [0.1, 0.15) is 20.3 Å². The quantitative estimate of drug-likeness (QED) is 0.777. The molecule has 0 saturated heterocycles. The predicted octanol–water partition coefficient (Wildman–Crippen LogP) is 0.388. The van der Waals surface area contributed by atoms with E-state index in [0.717, 1.165) is 4.31 Å². The van der Waals surface area contributed by atoms with Crippen molar-refractivity contribution in [3.63, 3.8) is 0 Å². The molecular formula is C10H17N3O4S. The molecule has 0 unspecified atom stereocenters. The maximum absolute atomic E-state index is 12.2. The highest BCUT2D eigenvalue weighted by molar-refractivity contribution is 7.89. The van der Waals surface area contributed by atoms with Crippen molar-refractivity contribution in [3.05, 3.63) is 12.4 Å². The van der Waals surface area contributed by atoms with Crippen LogP contribution in [0.3, 0.4) is 0 Å². The third-order valence-corrected chi connectivity index (χ3v) is 4.15. The number of hydrogen-bond acceptors (Lipinski definition) is 4. The molecule has 0 fully saturated rings. The summed E-state index contributed by atoms with van der Waals surface area (Å²) in [5.74, 6) is -1.17. The fraction of sp³-hybridized carbons (Fsp3) is 0.600. The van der Waals surface area contributed by atoms with Gasteiger partial charge in [-0.25, -0.2) is 8.42 Å². The number of aliphatic carboxylic acids is 1. The highest BCUT2D eigenvalue weighted by atomic mass is 32.2. The van der Waals surface area contributed by atoms with E-state index in [1.54, 1.807) is 6.92 Å². The van der Waals surface area contributed by atoms with Crippen molar-refractivity contribution in [2.45, 2.75) is 31.7 Å². The van der Waals surface area contributed by atoms with E-state index < -0.39 is 22.5 Å². The Morgan fingerprint density at radius 2 is 2.17 bits per heavy atom. The van der Waals surface area contributed by atoms with Crippen molar-refractivity contribution in [2.75, 3.05) is 13.1 Å². The Bertz CT molecular complexity index is 509. The summed E-state index contributed by atoms with van der Waals surface area (Å²) in [6.45, 7) is 3.83. The third kappa shape index (κ3) is 3.30. The van der Waals surface area contributed by atoms with Crippen LogP contribution in [0.4, 0.5) is 0 Å². The molecule has 0 bridgehead atoms. The number of sulfonamides is 1. The molecule has 0 aliphatic rings. The largest absolute Gasteiger partial charge is 0.480 e. The molecular weight excluding hydrogens is 258 g/mol.